The van der Waals surface area contributed by atoms with Gasteiger partial charge in [-0.3, -0.25) is 71.9 Å². The lowest BCUT2D eigenvalue weighted by Crippen LogP contribution is -2.60. The van der Waals surface area contributed by atoms with Crippen molar-refractivity contribution >= 4 is 106 Å². The van der Waals surface area contributed by atoms with Gasteiger partial charge >= 0.3 is 11.9 Å². The van der Waals surface area contributed by atoms with E-state index in [2.05, 4.69) is 63.8 Å². The van der Waals surface area contributed by atoms with Crippen LogP contribution in [0, 0.1) is 17.8 Å². The van der Waals surface area contributed by atoms with Crippen LogP contribution in [0.4, 0.5) is 0 Å². The van der Waals surface area contributed by atoms with E-state index in [1.54, 1.807) is 41.5 Å². The number of benzene rings is 1. The molecule has 38 heteroatoms. The zero-order chi connectivity index (χ0) is 78.4. The molecule has 2 aliphatic rings. The molecule has 37 nitrogen and oxygen atoms in total. The van der Waals surface area contributed by atoms with Gasteiger partial charge in [0.1, 0.15) is 84.3 Å². The third-order valence-electron chi connectivity index (χ3n) is 17.0. The van der Waals surface area contributed by atoms with E-state index in [9.17, 15) is 107 Å². The first-order valence-corrected chi connectivity index (χ1v) is 35.8. The van der Waals surface area contributed by atoms with Gasteiger partial charge < -0.3 is 110 Å². The van der Waals surface area contributed by atoms with Crippen molar-refractivity contribution < 1.29 is 107 Å². The van der Waals surface area contributed by atoms with Crippen LogP contribution in [0.5, 0.6) is 5.75 Å². The third-order valence-corrected chi connectivity index (χ3v) is 17.6. The van der Waals surface area contributed by atoms with Crippen molar-refractivity contribution in [3.8, 4) is 5.75 Å². The van der Waals surface area contributed by atoms with Gasteiger partial charge in [0.2, 0.25) is 82.7 Å². The average molecular weight is 1490 g/mol. The van der Waals surface area contributed by atoms with Gasteiger partial charge in [-0.1, -0.05) is 53.7 Å². The van der Waals surface area contributed by atoms with E-state index in [-0.39, 0.29) is 62.8 Å². The Morgan fingerprint density at radius 3 is 1.42 bits per heavy atom. The number of likely N-dealkylation sites (tertiary alicyclic amines) is 2. The van der Waals surface area contributed by atoms with Gasteiger partial charge in [0.15, 0.2) is 0 Å². The molecule has 0 unspecified atom stereocenters. The van der Waals surface area contributed by atoms with E-state index in [1.807, 2.05) is 6.26 Å². The van der Waals surface area contributed by atoms with Gasteiger partial charge in [0, 0.05) is 25.9 Å². The number of thioether (sulfide) groups is 1. The molecule has 1 aromatic carbocycles. The Morgan fingerprint density at radius 1 is 0.490 bits per heavy atom. The number of phenols is 1. The number of aliphatic hydroxyl groups is 3. The van der Waals surface area contributed by atoms with E-state index >= 15 is 0 Å². The quantitative estimate of drug-likeness (QED) is 0.0290. The Bertz CT molecular complexity index is 3180. The summed E-state index contributed by atoms with van der Waals surface area (Å²) in [5.41, 5.74) is 6.29. The summed E-state index contributed by atoms with van der Waals surface area (Å²) in [6.07, 6.45) is 1.44. The lowest BCUT2D eigenvalue weighted by atomic mass is 10.00. The van der Waals surface area contributed by atoms with Crippen LogP contribution >= 0.6 is 11.8 Å². The molecule has 0 bridgehead atoms. The third kappa shape index (κ3) is 28.8. The number of carbonyl (C=O) groups is 16. The smallest absolute Gasteiger partial charge is 0.326 e. The van der Waals surface area contributed by atoms with Crippen LogP contribution in [0.2, 0.25) is 0 Å². The Labute approximate surface area is 606 Å². The van der Waals surface area contributed by atoms with Crippen molar-refractivity contribution in [1.29, 1.82) is 0 Å². The van der Waals surface area contributed by atoms with Crippen molar-refractivity contribution in [2.75, 3.05) is 51.5 Å². The largest absolute Gasteiger partial charge is 0.508 e. The summed E-state index contributed by atoms with van der Waals surface area (Å²) in [6.45, 7) is 10.4. The van der Waals surface area contributed by atoms with Crippen LogP contribution in [-0.4, -0.2) is 271 Å². The number of carboxylic acid groups (broad SMARTS) is 2. The highest BCUT2D eigenvalue weighted by molar-refractivity contribution is 7.98. The molecule has 1 aromatic rings. The number of aliphatic hydroxyl groups excluding tert-OH is 3. The number of nitrogens with zero attached hydrogens (tertiary/aromatic N) is 2. The highest BCUT2D eigenvalue weighted by Gasteiger charge is 2.43. The van der Waals surface area contributed by atoms with Crippen molar-refractivity contribution in [2.24, 2.45) is 23.5 Å². The molecule has 20 N–H and O–H groups in total. The minimum atomic E-state index is -1.71. The molecule has 0 radical (unpaired) electrons. The first-order valence-electron chi connectivity index (χ1n) is 34.4. The van der Waals surface area contributed by atoms with Gasteiger partial charge in [0.05, 0.1) is 32.4 Å². The van der Waals surface area contributed by atoms with Gasteiger partial charge in [-0.05, 0) is 120 Å². The Morgan fingerprint density at radius 2 is 0.923 bits per heavy atom. The van der Waals surface area contributed by atoms with Crippen LogP contribution in [0.15, 0.2) is 24.3 Å². The number of amides is 14. The molecule has 14 atom stereocenters. The van der Waals surface area contributed by atoms with E-state index < -0.39 is 224 Å². The summed E-state index contributed by atoms with van der Waals surface area (Å²) in [6, 6.07) is -14.2. The standard InChI is InChI=1S/C66H105N15O22S/c1-32(2)25-42(58(94)69-36(8)55(91)76-45(29-82)60(96)75-44(66(102)103)26-33(3)4)73-59(95)43(27-38-15-17-39(85)18-16-38)74-57(93)41(19-20-51(87)88)72-54(90)37(9)71-63(99)52(34(5)6)79-50(86)28-68-53(89)35(7)70-61(97)48-13-11-22-80(48)65(101)47(31-84)78-62(98)49-14-12-23-81(49)64(100)46(30-83)77-56(92)40(67)21-24-104-10/h15-18,32-37,40-49,52,82-85H,11-14,19-31,67H2,1-10H3,(H,68,89)(H,69,94)(H,70,97)(H,71,99)(H,72,90)(H,73,95)(H,74,93)(H,75,96)(H,76,91)(H,77,92)(H,78,98)(H,79,86)(H,87,88)(H,102,103)/t35-,36-,37-,40-,41-,42-,43-,44-,45-,46-,47-,48-,49-,52-/m0/s1. The minimum absolute atomic E-state index is 0.0160. The normalized spacial score (nSPS) is 17.7. The molecule has 2 heterocycles. The number of hydrogen-bond donors (Lipinski definition) is 19. The molecule has 2 saturated heterocycles. The van der Waals surface area contributed by atoms with Crippen molar-refractivity contribution in [3.05, 3.63) is 29.8 Å². The number of phenolic OH excluding ortho intramolecular Hbond substituents is 1. The molecule has 0 aliphatic carbocycles. The predicted octanol–water partition coefficient (Wildman–Crippen LogP) is -5.82. The summed E-state index contributed by atoms with van der Waals surface area (Å²) in [7, 11) is 0. The van der Waals surface area contributed by atoms with Crippen molar-refractivity contribution in [3.63, 3.8) is 0 Å². The number of aromatic hydroxyl groups is 1. The summed E-state index contributed by atoms with van der Waals surface area (Å²) in [5.74, 6) is -16.1. The maximum absolute atomic E-state index is 14.3. The zero-order valence-corrected chi connectivity index (χ0v) is 61.1. The topological polar surface area (TPSA) is 571 Å². The van der Waals surface area contributed by atoms with E-state index in [4.69, 9.17) is 5.73 Å². The Hall–Kier alpha value is -9.27. The van der Waals surface area contributed by atoms with E-state index in [0.29, 0.717) is 30.6 Å². The fourth-order valence-electron chi connectivity index (χ4n) is 11.1. The van der Waals surface area contributed by atoms with Crippen molar-refractivity contribution in [1.82, 2.24) is 73.6 Å². The molecule has 2 aliphatic heterocycles. The second-order valence-electron chi connectivity index (χ2n) is 26.8. The lowest BCUT2D eigenvalue weighted by molar-refractivity contribution is -0.145. The number of nitrogens with one attached hydrogen (secondary N) is 12. The van der Waals surface area contributed by atoms with Crippen LogP contribution in [0.3, 0.4) is 0 Å². The van der Waals surface area contributed by atoms with Crippen LogP contribution in [0.25, 0.3) is 0 Å². The van der Waals surface area contributed by atoms with E-state index in [1.165, 1.54) is 56.8 Å². The van der Waals surface area contributed by atoms with Gasteiger partial charge in [-0.25, -0.2) is 4.79 Å². The molecule has 3 rings (SSSR count). The summed E-state index contributed by atoms with van der Waals surface area (Å²) in [5, 5.41) is 88.5. The first-order chi connectivity index (χ1) is 48.9. The highest BCUT2D eigenvalue weighted by Crippen LogP contribution is 2.22. The van der Waals surface area contributed by atoms with Crippen LogP contribution in [-0.2, 0) is 83.1 Å². The number of rotatable bonds is 43. The minimum Gasteiger partial charge on any atom is -0.508 e. The maximum atomic E-state index is 14.3. The second kappa shape index (κ2) is 43.7. The fourth-order valence-corrected chi connectivity index (χ4v) is 11.6. The van der Waals surface area contributed by atoms with Gasteiger partial charge in [-0.15, -0.1) is 0 Å². The molecule has 104 heavy (non-hydrogen) atoms. The Balaban J connectivity index is 1.67. The summed E-state index contributed by atoms with van der Waals surface area (Å²) >= 11 is 1.46. The number of hydrogen-bond acceptors (Lipinski definition) is 22. The predicted molar refractivity (Wildman–Crippen MR) is 373 cm³/mol. The number of carboxylic acids is 2. The van der Waals surface area contributed by atoms with Crippen LogP contribution < -0.4 is 69.5 Å². The average Bonchev–Trinajstić information content (AvgIpc) is 1.63. The fraction of sp³-hybridized carbons (Fsp3) is 0.667. The van der Waals surface area contributed by atoms with Gasteiger partial charge in [0.25, 0.3) is 0 Å². The molecule has 0 aromatic heterocycles. The SMILES string of the molecule is CSCC[C@H](N)C(=O)N[C@@H](CO)C(=O)N1CCC[C@H]1C(=O)N[C@@H](CO)C(=O)N1CCC[C@H]1C(=O)N[C@@H](C)C(=O)NCC(=O)N[C@H](C(=O)N[C@@H](C)C(=O)N[C@@H](CCC(=O)O)C(=O)N[C@@H](Cc1ccc(O)cc1)C(=O)N[C@@H](CC(C)C)C(=O)N[C@@H](C)C(=O)N[C@@H](CO)C(=O)N[C@@H](CC(C)C)C(=O)O)C(C)C. The second-order valence-corrected chi connectivity index (χ2v) is 27.8. The number of aliphatic carboxylic acids is 2. The molecule has 2 fully saturated rings. The monoisotopic (exact) mass is 1490 g/mol. The highest BCUT2D eigenvalue weighted by atomic mass is 32.2. The molecule has 0 saturated carbocycles. The summed E-state index contributed by atoms with van der Waals surface area (Å²) < 4.78 is 0. The molecular weight excluding hydrogens is 1390 g/mol. The van der Waals surface area contributed by atoms with Crippen molar-refractivity contribution in [2.45, 2.75) is 211 Å². The lowest BCUT2D eigenvalue weighted by Gasteiger charge is -2.31. The van der Waals surface area contributed by atoms with E-state index in [0.717, 1.165) is 9.80 Å². The van der Waals surface area contributed by atoms with Gasteiger partial charge in [-0.2, -0.15) is 11.8 Å². The van der Waals surface area contributed by atoms with Crippen LogP contribution in [0.1, 0.15) is 126 Å². The Kier molecular flexibility index (Phi) is 37.4. The summed E-state index contributed by atoms with van der Waals surface area (Å²) in [4.78, 5) is 216. The zero-order valence-electron chi connectivity index (χ0n) is 60.2. The molecule has 582 valence electrons. The maximum Gasteiger partial charge on any atom is 0.326 e. The molecule has 14 amide bonds. The molecule has 0 spiro atoms. The first kappa shape index (κ1) is 88.9. The molecular formula is C66H105N15O22S. The number of nitrogens with two attached hydrogens (primary N) is 1. The number of carbonyl (C=O) groups excluding carboxylic acids is 14.